The quantitative estimate of drug-likeness (QED) is 0.918. The molecule has 0 bridgehead atoms. The zero-order valence-corrected chi connectivity index (χ0v) is 12.8. The van der Waals surface area contributed by atoms with Crippen molar-refractivity contribution in [1.82, 2.24) is 19.6 Å². The second kappa shape index (κ2) is 5.85. The SMILES string of the molecule is CCCn1ncc(Cl)c1C(O)c1c(C)nn(C)c1OC. The average molecular weight is 299 g/mol. The molecule has 1 N–H and O–H groups in total. The summed E-state index contributed by atoms with van der Waals surface area (Å²) in [6.07, 6.45) is 1.54. The number of hydrogen-bond donors (Lipinski definition) is 1. The van der Waals surface area contributed by atoms with Gasteiger partial charge in [0.1, 0.15) is 6.10 Å². The fourth-order valence-corrected chi connectivity index (χ4v) is 2.63. The minimum Gasteiger partial charge on any atom is -0.481 e. The molecule has 2 aromatic rings. The van der Waals surface area contributed by atoms with Crippen molar-refractivity contribution >= 4 is 11.6 Å². The Kier molecular flexibility index (Phi) is 4.35. The van der Waals surface area contributed by atoms with E-state index in [2.05, 4.69) is 10.2 Å². The minimum atomic E-state index is -0.916. The largest absolute Gasteiger partial charge is 0.481 e. The van der Waals surface area contributed by atoms with Gasteiger partial charge in [0.2, 0.25) is 5.88 Å². The van der Waals surface area contributed by atoms with Crippen molar-refractivity contribution in [1.29, 1.82) is 0 Å². The molecule has 2 aromatic heterocycles. The van der Waals surface area contributed by atoms with E-state index in [9.17, 15) is 5.11 Å². The van der Waals surface area contributed by atoms with Crippen LogP contribution in [0, 0.1) is 6.92 Å². The minimum absolute atomic E-state index is 0.441. The van der Waals surface area contributed by atoms with Crippen LogP contribution in [0.25, 0.3) is 0 Å². The Hall–Kier alpha value is -1.53. The van der Waals surface area contributed by atoms with Gasteiger partial charge in [-0.3, -0.25) is 4.68 Å². The third-order valence-electron chi connectivity index (χ3n) is 3.21. The molecule has 6 nitrogen and oxygen atoms in total. The molecule has 20 heavy (non-hydrogen) atoms. The van der Waals surface area contributed by atoms with E-state index in [4.69, 9.17) is 16.3 Å². The van der Waals surface area contributed by atoms with Crippen molar-refractivity contribution in [3.05, 3.63) is 28.2 Å². The summed E-state index contributed by atoms with van der Waals surface area (Å²) < 4.78 is 8.64. The molecule has 0 saturated carbocycles. The van der Waals surface area contributed by atoms with Gasteiger partial charge in [0.15, 0.2) is 0 Å². The maximum absolute atomic E-state index is 10.7. The van der Waals surface area contributed by atoms with Gasteiger partial charge >= 0.3 is 0 Å². The number of ether oxygens (including phenoxy) is 1. The Morgan fingerprint density at radius 3 is 2.80 bits per heavy atom. The fourth-order valence-electron chi connectivity index (χ4n) is 2.38. The first kappa shape index (κ1) is 14.9. The molecule has 0 spiro atoms. The zero-order valence-electron chi connectivity index (χ0n) is 12.1. The second-order valence-corrected chi connectivity index (χ2v) is 5.04. The molecule has 0 radical (unpaired) electrons. The van der Waals surface area contributed by atoms with E-state index in [1.54, 1.807) is 29.7 Å². The molecular weight excluding hydrogens is 280 g/mol. The number of hydrogen-bond acceptors (Lipinski definition) is 4. The molecule has 2 rings (SSSR count). The van der Waals surface area contributed by atoms with Crippen LogP contribution in [0.3, 0.4) is 0 Å². The summed E-state index contributed by atoms with van der Waals surface area (Å²) in [6.45, 7) is 4.57. The first-order chi connectivity index (χ1) is 9.51. The van der Waals surface area contributed by atoms with Gasteiger partial charge in [-0.05, 0) is 13.3 Å². The molecule has 110 valence electrons. The lowest BCUT2D eigenvalue weighted by Crippen LogP contribution is -2.12. The third kappa shape index (κ3) is 2.41. The van der Waals surface area contributed by atoms with E-state index < -0.39 is 6.10 Å². The highest BCUT2D eigenvalue weighted by atomic mass is 35.5. The maximum atomic E-state index is 10.7. The number of halogens is 1. The summed E-state index contributed by atoms with van der Waals surface area (Å²) in [7, 11) is 3.32. The standard InChI is InChI=1S/C13H19ClN4O2/c1-5-6-18-11(9(14)7-15-18)12(19)10-8(2)16-17(3)13(10)20-4/h7,12,19H,5-6H2,1-4H3. The molecule has 0 aliphatic heterocycles. The number of aliphatic hydroxyl groups excluding tert-OH is 1. The van der Waals surface area contributed by atoms with Crippen LogP contribution in [0.4, 0.5) is 0 Å². The van der Waals surface area contributed by atoms with E-state index in [1.807, 2.05) is 13.8 Å². The molecule has 0 aliphatic rings. The number of methoxy groups -OCH3 is 1. The van der Waals surface area contributed by atoms with Crippen molar-refractivity contribution in [2.45, 2.75) is 32.9 Å². The molecular formula is C13H19ClN4O2. The summed E-state index contributed by atoms with van der Waals surface area (Å²) >= 11 is 6.17. The molecule has 0 amide bonds. The zero-order chi connectivity index (χ0) is 14.9. The van der Waals surface area contributed by atoms with Crippen LogP contribution in [0.5, 0.6) is 5.88 Å². The lowest BCUT2D eigenvalue weighted by molar-refractivity contribution is 0.200. The van der Waals surface area contributed by atoms with Gasteiger partial charge in [-0.2, -0.15) is 10.2 Å². The van der Waals surface area contributed by atoms with Crippen LogP contribution in [0.2, 0.25) is 5.02 Å². The first-order valence-electron chi connectivity index (χ1n) is 6.48. The van der Waals surface area contributed by atoms with Crippen LogP contribution in [0.1, 0.15) is 36.4 Å². The maximum Gasteiger partial charge on any atom is 0.217 e. The van der Waals surface area contributed by atoms with E-state index >= 15 is 0 Å². The highest BCUT2D eigenvalue weighted by molar-refractivity contribution is 6.31. The van der Waals surface area contributed by atoms with Gasteiger partial charge in [-0.25, -0.2) is 4.68 Å². The lowest BCUT2D eigenvalue weighted by atomic mass is 10.1. The Labute approximate surface area is 122 Å². The highest BCUT2D eigenvalue weighted by Crippen LogP contribution is 2.35. The summed E-state index contributed by atoms with van der Waals surface area (Å²) in [5, 5.41) is 19.6. The van der Waals surface area contributed by atoms with E-state index in [0.29, 0.717) is 34.4 Å². The van der Waals surface area contributed by atoms with Gasteiger partial charge in [0.25, 0.3) is 0 Å². The molecule has 0 saturated heterocycles. The summed E-state index contributed by atoms with van der Waals surface area (Å²) in [5.41, 5.74) is 1.90. The van der Waals surface area contributed by atoms with Crippen molar-refractivity contribution < 1.29 is 9.84 Å². The Morgan fingerprint density at radius 2 is 2.20 bits per heavy atom. The van der Waals surface area contributed by atoms with Crippen molar-refractivity contribution in [3.8, 4) is 5.88 Å². The monoisotopic (exact) mass is 298 g/mol. The van der Waals surface area contributed by atoms with Crippen molar-refractivity contribution in [3.63, 3.8) is 0 Å². The van der Waals surface area contributed by atoms with Gasteiger partial charge in [-0.1, -0.05) is 18.5 Å². The Morgan fingerprint density at radius 1 is 1.50 bits per heavy atom. The molecule has 1 atom stereocenters. The molecule has 1 unspecified atom stereocenters. The van der Waals surface area contributed by atoms with E-state index in [0.717, 1.165) is 6.42 Å². The molecule has 0 aromatic carbocycles. The van der Waals surface area contributed by atoms with Crippen LogP contribution < -0.4 is 4.74 Å². The van der Waals surface area contributed by atoms with Gasteiger partial charge in [0.05, 0.1) is 35.3 Å². The summed E-state index contributed by atoms with van der Waals surface area (Å²) in [5.74, 6) is 0.523. The predicted molar refractivity (Wildman–Crippen MR) is 76.1 cm³/mol. The van der Waals surface area contributed by atoms with Crippen molar-refractivity contribution in [2.24, 2.45) is 7.05 Å². The first-order valence-corrected chi connectivity index (χ1v) is 6.85. The van der Waals surface area contributed by atoms with Crippen LogP contribution in [-0.4, -0.2) is 31.8 Å². The Balaban J connectivity index is 2.51. The molecule has 7 heteroatoms. The van der Waals surface area contributed by atoms with E-state index in [1.165, 1.54) is 0 Å². The lowest BCUT2D eigenvalue weighted by Gasteiger charge is -2.15. The Bertz CT molecular complexity index is 606. The third-order valence-corrected chi connectivity index (χ3v) is 3.50. The van der Waals surface area contributed by atoms with Crippen LogP contribution in [-0.2, 0) is 13.6 Å². The topological polar surface area (TPSA) is 65.1 Å². The highest BCUT2D eigenvalue weighted by Gasteiger charge is 2.27. The van der Waals surface area contributed by atoms with Crippen LogP contribution in [0.15, 0.2) is 6.20 Å². The van der Waals surface area contributed by atoms with Crippen molar-refractivity contribution in [2.75, 3.05) is 7.11 Å². The normalized spacial score (nSPS) is 12.7. The average Bonchev–Trinajstić information content (AvgIpc) is 2.89. The summed E-state index contributed by atoms with van der Waals surface area (Å²) in [4.78, 5) is 0. The second-order valence-electron chi connectivity index (χ2n) is 4.64. The number of rotatable bonds is 5. The smallest absolute Gasteiger partial charge is 0.217 e. The number of aromatic nitrogens is 4. The van der Waals surface area contributed by atoms with Gasteiger partial charge in [0, 0.05) is 13.6 Å². The number of nitrogens with zero attached hydrogens (tertiary/aromatic N) is 4. The molecule has 0 fully saturated rings. The fraction of sp³-hybridized carbons (Fsp3) is 0.538. The van der Waals surface area contributed by atoms with Crippen LogP contribution >= 0.6 is 11.6 Å². The number of aliphatic hydroxyl groups is 1. The molecule has 0 aliphatic carbocycles. The number of aryl methyl sites for hydroxylation is 3. The molecule has 2 heterocycles. The van der Waals surface area contributed by atoms with Gasteiger partial charge in [-0.15, -0.1) is 0 Å². The van der Waals surface area contributed by atoms with Gasteiger partial charge < -0.3 is 9.84 Å². The predicted octanol–water partition coefficient (Wildman–Crippen LogP) is 2.08. The summed E-state index contributed by atoms with van der Waals surface area (Å²) in [6, 6.07) is 0. The van der Waals surface area contributed by atoms with E-state index in [-0.39, 0.29) is 0 Å².